The Balaban J connectivity index is -0.000000163. The number of carbonyl (C=O) groups excluding carboxylic acids is 2. The molecular weight excluding hydrogens is 469 g/mol. The van der Waals surface area contributed by atoms with Gasteiger partial charge in [0.15, 0.2) is 0 Å². The van der Waals surface area contributed by atoms with Crippen molar-refractivity contribution < 1.29 is 51.9 Å². The SMILES string of the molecule is CC(=N\O)/C(C)=N/O.CC(=N\O)/C(C)=N/O.CCOC(=O)CC[C-]=O.[Co].c1ccncc1. The third kappa shape index (κ3) is 26.7. The van der Waals surface area contributed by atoms with Crippen molar-refractivity contribution in [2.75, 3.05) is 6.61 Å². The van der Waals surface area contributed by atoms with Crippen molar-refractivity contribution in [3.05, 3.63) is 30.6 Å². The summed E-state index contributed by atoms with van der Waals surface area (Å²) in [5, 5.41) is 43.3. The van der Waals surface area contributed by atoms with Crippen LogP contribution in [0.2, 0.25) is 0 Å². The second-order valence-electron chi connectivity index (χ2n) is 5.22. The van der Waals surface area contributed by atoms with Gasteiger partial charge >= 0.3 is 5.97 Å². The van der Waals surface area contributed by atoms with Gasteiger partial charge in [-0.15, -0.1) is 6.42 Å². The van der Waals surface area contributed by atoms with Gasteiger partial charge in [-0.2, -0.15) is 0 Å². The Morgan fingerprint density at radius 3 is 1.41 bits per heavy atom. The molecule has 0 atom stereocenters. The van der Waals surface area contributed by atoms with Gasteiger partial charge < -0.3 is 30.4 Å². The first kappa shape index (κ1) is 36.1. The molecular formula is C19H30CoN5O7-. The predicted octanol–water partition coefficient (Wildman–Crippen LogP) is 2.89. The molecule has 1 radical (unpaired) electrons. The van der Waals surface area contributed by atoms with Crippen molar-refractivity contribution in [1.29, 1.82) is 0 Å². The molecule has 4 N–H and O–H groups in total. The van der Waals surface area contributed by atoms with E-state index >= 15 is 0 Å². The molecule has 183 valence electrons. The van der Waals surface area contributed by atoms with E-state index in [1.54, 1.807) is 25.6 Å². The van der Waals surface area contributed by atoms with Crippen LogP contribution in [0.3, 0.4) is 0 Å². The molecule has 0 aromatic carbocycles. The number of hydrogen-bond donors (Lipinski definition) is 4. The Kier molecular flexibility index (Phi) is 31.2. The Morgan fingerprint density at radius 2 is 1.22 bits per heavy atom. The molecule has 0 bridgehead atoms. The molecule has 1 rings (SSSR count). The summed E-state index contributed by atoms with van der Waals surface area (Å²) in [6.45, 7) is 8.24. The summed E-state index contributed by atoms with van der Waals surface area (Å²) < 4.78 is 4.53. The number of oxime groups is 4. The van der Waals surface area contributed by atoms with Crippen LogP contribution in [-0.2, 0) is 31.1 Å². The Labute approximate surface area is 197 Å². The van der Waals surface area contributed by atoms with E-state index in [0.29, 0.717) is 29.5 Å². The van der Waals surface area contributed by atoms with E-state index in [2.05, 4.69) is 30.3 Å². The maximum atomic E-state index is 10.4. The van der Waals surface area contributed by atoms with E-state index in [4.69, 9.17) is 20.8 Å². The summed E-state index contributed by atoms with van der Waals surface area (Å²) in [4.78, 5) is 23.8. The van der Waals surface area contributed by atoms with E-state index < -0.39 is 0 Å². The van der Waals surface area contributed by atoms with Gasteiger partial charge in [0.1, 0.15) is 22.8 Å². The predicted molar refractivity (Wildman–Crippen MR) is 115 cm³/mol. The average molecular weight is 499 g/mol. The molecule has 0 fully saturated rings. The van der Waals surface area contributed by atoms with Crippen molar-refractivity contribution in [1.82, 2.24) is 4.98 Å². The third-order valence-electron chi connectivity index (χ3n) is 2.95. The Hall–Kier alpha value is -3.32. The number of nitrogens with zero attached hydrogens (tertiary/aromatic N) is 5. The third-order valence-corrected chi connectivity index (χ3v) is 2.95. The summed E-state index contributed by atoms with van der Waals surface area (Å²) in [7, 11) is 0. The number of ether oxygens (including phenoxy) is 1. The Bertz CT molecular complexity index is 621. The molecule has 0 aliphatic heterocycles. The van der Waals surface area contributed by atoms with E-state index in [9.17, 15) is 9.59 Å². The quantitative estimate of drug-likeness (QED) is 0.151. The molecule has 0 amide bonds. The monoisotopic (exact) mass is 499 g/mol. The fraction of sp³-hybridized carbons (Fsp3) is 0.421. The molecule has 1 aromatic heterocycles. The summed E-state index contributed by atoms with van der Waals surface area (Å²) in [6, 6.07) is 5.72. The number of hydrogen-bond acceptors (Lipinski definition) is 12. The molecule has 0 aliphatic rings. The molecule has 32 heavy (non-hydrogen) atoms. The van der Waals surface area contributed by atoms with Crippen LogP contribution in [-0.4, -0.2) is 67.5 Å². The van der Waals surface area contributed by atoms with Crippen LogP contribution in [0.4, 0.5) is 0 Å². The molecule has 0 aliphatic carbocycles. The first-order valence-corrected chi connectivity index (χ1v) is 8.86. The second-order valence-corrected chi connectivity index (χ2v) is 5.22. The first-order chi connectivity index (χ1) is 14.7. The van der Waals surface area contributed by atoms with Crippen molar-refractivity contribution >= 4 is 35.1 Å². The minimum absolute atomic E-state index is 0. The van der Waals surface area contributed by atoms with Crippen molar-refractivity contribution in [2.24, 2.45) is 20.6 Å². The summed E-state index contributed by atoms with van der Waals surface area (Å²) in [5.41, 5.74) is 1.25. The summed E-state index contributed by atoms with van der Waals surface area (Å²) in [6.07, 6.45) is 5.39. The van der Waals surface area contributed by atoms with Crippen LogP contribution in [0.5, 0.6) is 0 Å². The molecule has 12 nitrogen and oxygen atoms in total. The normalized spacial score (nSPS) is 11.0. The fourth-order valence-electron chi connectivity index (χ4n) is 0.988. The summed E-state index contributed by atoms with van der Waals surface area (Å²) in [5.74, 6) is -0.333. The van der Waals surface area contributed by atoms with Crippen LogP contribution in [0, 0.1) is 0 Å². The number of pyridine rings is 1. The zero-order valence-corrected chi connectivity index (χ0v) is 19.6. The minimum atomic E-state index is -0.333. The summed E-state index contributed by atoms with van der Waals surface area (Å²) >= 11 is 0. The van der Waals surface area contributed by atoms with Crippen LogP contribution >= 0.6 is 0 Å². The van der Waals surface area contributed by atoms with Crippen molar-refractivity contribution in [3.63, 3.8) is 0 Å². The molecule has 0 saturated heterocycles. The van der Waals surface area contributed by atoms with E-state index in [1.807, 2.05) is 18.2 Å². The second kappa shape index (κ2) is 27.7. The molecule has 1 aromatic rings. The van der Waals surface area contributed by atoms with Crippen molar-refractivity contribution in [3.8, 4) is 0 Å². The number of esters is 1. The van der Waals surface area contributed by atoms with Crippen molar-refractivity contribution in [2.45, 2.75) is 47.5 Å². The number of aromatic nitrogens is 1. The van der Waals surface area contributed by atoms with Gasteiger partial charge in [-0.25, -0.2) is 0 Å². The van der Waals surface area contributed by atoms with Crippen LogP contribution in [0.15, 0.2) is 51.2 Å². The number of rotatable bonds is 6. The average Bonchev–Trinajstić information content (AvgIpc) is 2.83. The Morgan fingerprint density at radius 1 is 0.844 bits per heavy atom. The maximum Gasteiger partial charge on any atom is 0.303 e. The van der Waals surface area contributed by atoms with Gasteiger partial charge in [0, 0.05) is 35.6 Å². The zero-order chi connectivity index (χ0) is 24.5. The molecule has 13 heteroatoms. The van der Waals surface area contributed by atoms with Gasteiger partial charge in [0.2, 0.25) is 0 Å². The standard InChI is InChI=1S/C6H9O3.C5H5N.2C4H8N2O2.Co/c1-2-9-6(8)4-3-5-7;1-2-4-6-5-3-1;2*1-3(5-7)4(2)6-8;/h2-4H2,1H3;1-5H;2*7-8H,1-2H3;/q-1;;;;/b;;2*5-3+,6-4+;. The first-order valence-electron chi connectivity index (χ1n) is 8.86. The van der Waals surface area contributed by atoms with Crippen LogP contribution < -0.4 is 0 Å². The number of carbonyl (C=O) groups is 1. The van der Waals surface area contributed by atoms with Gasteiger partial charge in [0.25, 0.3) is 0 Å². The fourth-order valence-corrected chi connectivity index (χ4v) is 0.988. The minimum Gasteiger partial charge on any atom is -0.542 e. The molecule has 0 spiro atoms. The smallest absolute Gasteiger partial charge is 0.303 e. The molecule has 1 heterocycles. The molecule has 0 unspecified atom stereocenters. The van der Waals surface area contributed by atoms with E-state index in [0.717, 1.165) is 0 Å². The topological polar surface area (TPSA) is 187 Å². The van der Waals surface area contributed by atoms with Gasteiger partial charge in [-0.05, 0) is 46.8 Å². The van der Waals surface area contributed by atoms with Crippen LogP contribution in [0.1, 0.15) is 47.5 Å². The van der Waals surface area contributed by atoms with E-state index in [-0.39, 0.29) is 35.6 Å². The van der Waals surface area contributed by atoms with Gasteiger partial charge in [-0.3, -0.25) is 16.1 Å². The van der Waals surface area contributed by atoms with E-state index in [1.165, 1.54) is 27.7 Å². The van der Waals surface area contributed by atoms with Gasteiger partial charge in [-0.1, -0.05) is 26.7 Å². The van der Waals surface area contributed by atoms with Crippen LogP contribution in [0.25, 0.3) is 0 Å². The zero-order valence-electron chi connectivity index (χ0n) is 18.6. The van der Waals surface area contributed by atoms with Gasteiger partial charge in [0.05, 0.1) is 6.61 Å². The molecule has 0 saturated carbocycles. The largest absolute Gasteiger partial charge is 0.542 e. The maximum absolute atomic E-state index is 10.4.